The van der Waals surface area contributed by atoms with Crippen molar-refractivity contribution in [1.29, 1.82) is 0 Å². The molecule has 2 aromatic rings. The summed E-state index contributed by atoms with van der Waals surface area (Å²) in [7, 11) is 0. The second-order valence-corrected chi connectivity index (χ2v) is 3.64. The van der Waals surface area contributed by atoms with Crippen LogP contribution in [0.4, 0.5) is 5.82 Å². The minimum atomic E-state index is 0.448. The Labute approximate surface area is 89.0 Å². The van der Waals surface area contributed by atoms with Crippen molar-refractivity contribution in [3.05, 3.63) is 41.7 Å². The highest BCUT2D eigenvalue weighted by Gasteiger charge is 2.03. The predicted molar refractivity (Wildman–Crippen MR) is 61.4 cm³/mol. The molecule has 0 atom stereocenters. The van der Waals surface area contributed by atoms with Gasteiger partial charge in [-0.15, -0.1) is 0 Å². The Morgan fingerprint density at radius 3 is 2.47 bits per heavy atom. The normalized spacial score (nSPS) is 10.3. The molecule has 0 saturated carbocycles. The highest BCUT2D eigenvalue weighted by molar-refractivity contribution is 5.63. The third kappa shape index (κ3) is 1.96. The second-order valence-electron chi connectivity index (χ2n) is 3.64. The van der Waals surface area contributed by atoms with E-state index in [9.17, 15) is 0 Å². The molecule has 0 amide bonds. The van der Waals surface area contributed by atoms with Crippen LogP contribution in [0.1, 0.15) is 11.1 Å². The van der Waals surface area contributed by atoms with Crippen molar-refractivity contribution in [2.24, 2.45) is 0 Å². The van der Waals surface area contributed by atoms with Gasteiger partial charge in [0.2, 0.25) is 0 Å². The topological polar surface area (TPSA) is 51.8 Å². The first-order valence-electron chi connectivity index (χ1n) is 4.82. The summed E-state index contributed by atoms with van der Waals surface area (Å²) in [4.78, 5) is 8.29. The molecule has 0 aliphatic rings. The Bertz CT molecular complexity index is 475. The Morgan fingerprint density at radius 2 is 1.87 bits per heavy atom. The van der Waals surface area contributed by atoms with Gasteiger partial charge in [-0.3, -0.25) is 4.98 Å². The number of hydrogen-bond acceptors (Lipinski definition) is 3. The standard InChI is InChI=1S/C12H13N3/c1-8-3-4-10(9(2)5-8)11-6-15-12(13)7-14-11/h3-7H,1-2H3,(H2,13,15). The number of aryl methyl sites for hydroxylation is 2. The molecule has 3 heteroatoms. The molecule has 0 fully saturated rings. The molecule has 0 aliphatic heterocycles. The molecule has 0 bridgehead atoms. The lowest BCUT2D eigenvalue weighted by molar-refractivity contribution is 1.21. The van der Waals surface area contributed by atoms with Crippen LogP contribution in [0.2, 0.25) is 0 Å². The van der Waals surface area contributed by atoms with E-state index in [0.717, 1.165) is 11.3 Å². The fraction of sp³-hybridized carbons (Fsp3) is 0.167. The lowest BCUT2D eigenvalue weighted by Gasteiger charge is -2.05. The lowest BCUT2D eigenvalue weighted by atomic mass is 10.0. The first kappa shape index (κ1) is 9.65. The van der Waals surface area contributed by atoms with Crippen LogP contribution in [0.25, 0.3) is 11.3 Å². The number of rotatable bonds is 1. The number of anilines is 1. The van der Waals surface area contributed by atoms with Crippen LogP contribution in [-0.2, 0) is 0 Å². The van der Waals surface area contributed by atoms with Crippen LogP contribution in [0, 0.1) is 13.8 Å². The summed E-state index contributed by atoms with van der Waals surface area (Å²) < 4.78 is 0. The third-order valence-electron chi connectivity index (χ3n) is 2.33. The lowest BCUT2D eigenvalue weighted by Crippen LogP contribution is -1.93. The van der Waals surface area contributed by atoms with Crippen molar-refractivity contribution in [2.45, 2.75) is 13.8 Å². The van der Waals surface area contributed by atoms with Crippen molar-refractivity contribution in [3.8, 4) is 11.3 Å². The van der Waals surface area contributed by atoms with Gasteiger partial charge in [0.25, 0.3) is 0 Å². The number of hydrogen-bond donors (Lipinski definition) is 1. The van der Waals surface area contributed by atoms with Gasteiger partial charge in [0, 0.05) is 5.56 Å². The maximum Gasteiger partial charge on any atom is 0.141 e. The number of nitrogens with two attached hydrogens (primary N) is 1. The van der Waals surface area contributed by atoms with E-state index >= 15 is 0 Å². The van der Waals surface area contributed by atoms with E-state index in [1.165, 1.54) is 11.1 Å². The van der Waals surface area contributed by atoms with Gasteiger partial charge in [0.1, 0.15) is 5.82 Å². The van der Waals surface area contributed by atoms with Crippen LogP contribution in [0.15, 0.2) is 30.6 Å². The minimum Gasteiger partial charge on any atom is -0.382 e. The fourth-order valence-corrected chi connectivity index (χ4v) is 1.58. The molecular weight excluding hydrogens is 186 g/mol. The van der Waals surface area contributed by atoms with Crippen LogP contribution in [-0.4, -0.2) is 9.97 Å². The zero-order valence-corrected chi connectivity index (χ0v) is 8.86. The van der Waals surface area contributed by atoms with Gasteiger partial charge in [-0.25, -0.2) is 4.98 Å². The summed E-state index contributed by atoms with van der Waals surface area (Å²) in [6, 6.07) is 6.26. The summed E-state index contributed by atoms with van der Waals surface area (Å²) in [5.74, 6) is 0.448. The number of benzene rings is 1. The highest BCUT2D eigenvalue weighted by atomic mass is 14.9. The largest absolute Gasteiger partial charge is 0.382 e. The van der Waals surface area contributed by atoms with Gasteiger partial charge in [0.15, 0.2) is 0 Å². The molecule has 2 N–H and O–H groups in total. The first-order chi connectivity index (χ1) is 7.16. The maximum absolute atomic E-state index is 5.49. The van der Waals surface area contributed by atoms with Crippen molar-refractivity contribution in [3.63, 3.8) is 0 Å². The maximum atomic E-state index is 5.49. The number of nitrogens with zero attached hydrogens (tertiary/aromatic N) is 2. The number of nitrogen functional groups attached to an aromatic ring is 1. The van der Waals surface area contributed by atoms with Crippen molar-refractivity contribution >= 4 is 5.82 Å². The molecule has 2 rings (SSSR count). The summed E-state index contributed by atoms with van der Waals surface area (Å²) in [5, 5.41) is 0. The molecular formula is C12H13N3. The molecule has 1 aromatic carbocycles. The van der Waals surface area contributed by atoms with Crippen molar-refractivity contribution in [2.75, 3.05) is 5.73 Å². The molecule has 0 unspecified atom stereocenters. The SMILES string of the molecule is Cc1ccc(-c2cnc(N)cn2)c(C)c1. The molecule has 76 valence electrons. The van der Waals surface area contributed by atoms with E-state index in [1.54, 1.807) is 12.4 Å². The molecule has 0 saturated heterocycles. The van der Waals surface area contributed by atoms with Crippen molar-refractivity contribution < 1.29 is 0 Å². The molecule has 1 aromatic heterocycles. The summed E-state index contributed by atoms with van der Waals surface area (Å²) >= 11 is 0. The zero-order chi connectivity index (χ0) is 10.8. The highest BCUT2D eigenvalue weighted by Crippen LogP contribution is 2.21. The average molecular weight is 199 g/mol. The summed E-state index contributed by atoms with van der Waals surface area (Å²) in [5.41, 5.74) is 9.91. The van der Waals surface area contributed by atoms with Gasteiger partial charge in [-0.05, 0) is 19.4 Å². The van der Waals surface area contributed by atoms with E-state index < -0.39 is 0 Å². The smallest absolute Gasteiger partial charge is 0.141 e. The van der Waals surface area contributed by atoms with Gasteiger partial charge < -0.3 is 5.73 Å². The Balaban J connectivity index is 2.49. The summed E-state index contributed by atoms with van der Waals surface area (Å²) in [6.07, 6.45) is 3.28. The van der Waals surface area contributed by atoms with Crippen LogP contribution in [0.3, 0.4) is 0 Å². The quantitative estimate of drug-likeness (QED) is 0.767. The van der Waals surface area contributed by atoms with Gasteiger partial charge in [0.05, 0.1) is 18.1 Å². The molecule has 15 heavy (non-hydrogen) atoms. The van der Waals surface area contributed by atoms with E-state index in [-0.39, 0.29) is 0 Å². The average Bonchev–Trinajstić information content (AvgIpc) is 2.20. The molecule has 1 heterocycles. The third-order valence-corrected chi connectivity index (χ3v) is 2.33. The van der Waals surface area contributed by atoms with E-state index in [0.29, 0.717) is 5.82 Å². The van der Waals surface area contributed by atoms with E-state index in [4.69, 9.17) is 5.73 Å². The Morgan fingerprint density at radius 1 is 1.07 bits per heavy atom. The Hall–Kier alpha value is -1.90. The first-order valence-corrected chi connectivity index (χ1v) is 4.82. The van der Waals surface area contributed by atoms with Crippen LogP contribution >= 0.6 is 0 Å². The fourth-order valence-electron chi connectivity index (χ4n) is 1.58. The van der Waals surface area contributed by atoms with Crippen molar-refractivity contribution in [1.82, 2.24) is 9.97 Å². The van der Waals surface area contributed by atoms with E-state index in [2.05, 4.69) is 42.0 Å². The monoisotopic (exact) mass is 199 g/mol. The van der Waals surface area contributed by atoms with E-state index in [1.807, 2.05) is 0 Å². The van der Waals surface area contributed by atoms with Gasteiger partial charge in [-0.2, -0.15) is 0 Å². The van der Waals surface area contributed by atoms with Crippen LogP contribution < -0.4 is 5.73 Å². The zero-order valence-electron chi connectivity index (χ0n) is 8.86. The molecule has 0 aliphatic carbocycles. The molecule has 0 spiro atoms. The Kier molecular flexibility index (Phi) is 2.37. The van der Waals surface area contributed by atoms with Gasteiger partial charge in [-0.1, -0.05) is 23.8 Å². The summed E-state index contributed by atoms with van der Waals surface area (Å²) in [6.45, 7) is 4.14. The molecule has 0 radical (unpaired) electrons. The van der Waals surface area contributed by atoms with Crippen LogP contribution in [0.5, 0.6) is 0 Å². The predicted octanol–water partition coefficient (Wildman–Crippen LogP) is 2.34. The molecule has 3 nitrogen and oxygen atoms in total. The van der Waals surface area contributed by atoms with Gasteiger partial charge >= 0.3 is 0 Å². The second kappa shape index (κ2) is 3.69. The minimum absolute atomic E-state index is 0.448. The number of aromatic nitrogens is 2.